The molecule has 1 aliphatic rings. The van der Waals surface area contributed by atoms with Gasteiger partial charge in [0, 0.05) is 31.4 Å². The maximum absolute atomic E-state index is 12.0. The summed E-state index contributed by atoms with van der Waals surface area (Å²) in [6.07, 6.45) is 1.79. The highest BCUT2D eigenvalue weighted by Gasteiger charge is 2.21. The zero-order valence-corrected chi connectivity index (χ0v) is 14.8. The van der Waals surface area contributed by atoms with Gasteiger partial charge in [0.1, 0.15) is 11.9 Å². The van der Waals surface area contributed by atoms with E-state index < -0.39 is 6.10 Å². The van der Waals surface area contributed by atoms with Crippen molar-refractivity contribution in [1.82, 2.24) is 10.3 Å². The van der Waals surface area contributed by atoms with Crippen LogP contribution in [0.15, 0.2) is 42.6 Å². The lowest BCUT2D eigenvalue weighted by Gasteiger charge is -2.31. The number of carbonyl (C=O) groups excluding carboxylic acids is 1. The number of aromatic nitrogens is 1. The topological polar surface area (TPSA) is 65.5 Å². The number of carbonyl (C=O) groups is 1. The van der Waals surface area contributed by atoms with Crippen LogP contribution in [0.5, 0.6) is 0 Å². The maximum atomic E-state index is 12.0. The average molecular weight is 339 g/mol. The van der Waals surface area contributed by atoms with E-state index in [1.165, 1.54) is 11.1 Å². The Kier molecular flexibility index (Phi) is 5.34. The molecule has 2 aromatic rings. The van der Waals surface area contributed by atoms with E-state index in [1.807, 2.05) is 26.0 Å². The fourth-order valence-electron chi connectivity index (χ4n) is 3.12. The van der Waals surface area contributed by atoms with Crippen molar-refractivity contribution in [2.45, 2.75) is 39.5 Å². The van der Waals surface area contributed by atoms with Crippen LogP contribution >= 0.6 is 0 Å². The molecule has 25 heavy (non-hydrogen) atoms. The average Bonchev–Trinajstić information content (AvgIpc) is 2.65. The molecule has 1 aliphatic heterocycles. The van der Waals surface area contributed by atoms with Crippen LogP contribution in [0.25, 0.3) is 0 Å². The number of anilines is 1. The van der Waals surface area contributed by atoms with Crippen LogP contribution in [-0.2, 0) is 24.3 Å². The molecule has 0 saturated carbocycles. The summed E-state index contributed by atoms with van der Waals surface area (Å²) in [5, 5.41) is 12.7. The van der Waals surface area contributed by atoms with E-state index in [4.69, 9.17) is 0 Å². The Morgan fingerprint density at radius 1 is 1.24 bits per heavy atom. The van der Waals surface area contributed by atoms with Crippen LogP contribution in [-0.4, -0.2) is 28.6 Å². The van der Waals surface area contributed by atoms with Crippen molar-refractivity contribution in [1.29, 1.82) is 0 Å². The second-order valence-corrected chi connectivity index (χ2v) is 6.83. The highest BCUT2D eigenvalue weighted by Crippen LogP contribution is 2.25. The molecule has 0 aliphatic carbocycles. The smallest absolute Gasteiger partial charge is 0.249 e. The molecule has 0 saturated heterocycles. The number of rotatable bonds is 5. The normalized spacial score (nSPS) is 15.0. The first kappa shape index (κ1) is 17.4. The molecule has 0 bridgehead atoms. The van der Waals surface area contributed by atoms with Crippen molar-refractivity contribution >= 4 is 11.7 Å². The summed E-state index contributed by atoms with van der Waals surface area (Å²) in [7, 11) is 0. The van der Waals surface area contributed by atoms with E-state index in [0.717, 1.165) is 30.9 Å². The summed E-state index contributed by atoms with van der Waals surface area (Å²) in [5.74, 6) is 0.456. The Hall–Kier alpha value is -2.40. The molecule has 5 heteroatoms. The van der Waals surface area contributed by atoms with E-state index in [2.05, 4.69) is 39.5 Å². The van der Waals surface area contributed by atoms with Crippen molar-refractivity contribution < 1.29 is 9.90 Å². The molecule has 1 aromatic heterocycles. The van der Waals surface area contributed by atoms with Crippen LogP contribution in [0, 0.1) is 5.92 Å². The fourth-order valence-corrected chi connectivity index (χ4v) is 3.12. The van der Waals surface area contributed by atoms with Gasteiger partial charge in [-0.1, -0.05) is 44.2 Å². The van der Waals surface area contributed by atoms with Gasteiger partial charge in [0.2, 0.25) is 5.91 Å². The van der Waals surface area contributed by atoms with E-state index in [9.17, 15) is 9.90 Å². The predicted octanol–water partition coefficient (Wildman–Crippen LogP) is 2.28. The first-order valence-corrected chi connectivity index (χ1v) is 8.77. The molecule has 132 valence electrons. The number of nitrogens with zero attached hydrogens (tertiary/aromatic N) is 2. The van der Waals surface area contributed by atoms with Crippen molar-refractivity contribution in [2.75, 3.05) is 11.4 Å². The first-order valence-electron chi connectivity index (χ1n) is 8.77. The minimum absolute atomic E-state index is 0.105. The van der Waals surface area contributed by atoms with E-state index in [-0.39, 0.29) is 11.8 Å². The van der Waals surface area contributed by atoms with Crippen molar-refractivity contribution in [3.05, 3.63) is 59.3 Å². The Labute approximate surface area is 148 Å². The number of fused-ring (bicyclic) bond motifs is 1. The quantitative estimate of drug-likeness (QED) is 0.877. The molecule has 0 spiro atoms. The molecule has 2 N–H and O–H groups in total. The highest BCUT2D eigenvalue weighted by atomic mass is 16.3. The number of nitrogens with one attached hydrogen (secondary N) is 1. The second-order valence-electron chi connectivity index (χ2n) is 6.83. The molecule has 5 nitrogen and oxygen atoms in total. The van der Waals surface area contributed by atoms with Crippen molar-refractivity contribution in [3.8, 4) is 0 Å². The number of amides is 1. The third-order valence-corrected chi connectivity index (χ3v) is 4.65. The lowest BCUT2D eigenvalue weighted by Crippen LogP contribution is -2.38. The van der Waals surface area contributed by atoms with Gasteiger partial charge in [-0.3, -0.25) is 4.79 Å². The molecule has 1 aromatic carbocycles. The molecular weight excluding hydrogens is 314 g/mol. The van der Waals surface area contributed by atoms with Crippen LogP contribution in [0.4, 0.5) is 5.82 Å². The number of aliphatic hydroxyl groups excluding tert-OH is 1. The molecule has 1 atom stereocenters. The highest BCUT2D eigenvalue weighted by molar-refractivity contribution is 5.80. The summed E-state index contributed by atoms with van der Waals surface area (Å²) in [6, 6.07) is 12.3. The number of benzene rings is 1. The molecular formula is C20H25N3O2. The third-order valence-electron chi connectivity index (χ3n) is 4.65. The van der Waals surface area contributed by atoms with Gasteiger partial charge < -0.3 is 15.3 Å². The van der Waals surface area contributed by atoms with E-state index in [1.54, 1.807) is 6.20 Å². The largest absolute Gasteiger partial charge is 0.383 e. The zero-order valence-electron chi connectivity index (χ0n) is 14.8. The van der Waals surface area contributed by atoms with Gasteiger partial charge >= 0.3 is 0 Å². The lowest BCUT2D eigenvalue weighted by molar-refractivity contribution is -0.131. The van der Waals surface area contributed by atoms with Crippen LogP contribution < -0.4 is 10.2 Å². The van der Waals surface area contributed by atoms with Gasteiger partial charge in [-0.2, -0.15) is 0 Å². The summed E-state index contributed by atoms with van der Waals surface area (Å²) < 4.78 is 0. The number of pyridine rings is 1. The van der Waals surface area contributed by atoms with Crippen LogP contribution in [0.1, 0.15) is 30.5 Å². The minimum atomic E-state index is -0.984. The van der Waals surface area contributed by atoms with Gasteiger partial charge in [-0.25, -0.2) is 4.98 Å². The summed E-state index contributed by atoms with van der Waals surface area (Å²) >= 11 is 0. The number of hydrogen-bond acceptors (Lipinski definition) is 4. The van der Waals surface area contributed by atoms with E-state index in [0.29, 0.717) is 6.54 Å². The molecule has 1 amide bonds. The van der Waals surface area contributed by atoms with Gasteiger partial charge in [0.15, 0.2) is 0 Å². The summed E-state index contributed by atoms with van der Waals surface area (Å²) in [4.78, 5) is 18.8. The Balaban J connectivity index is 1.73. The summed E-state index contributed by atoms with van der Waals surface area (Å²) in [5.41, 5.74) is 3.68. The van der Waals surface area contributed by atoms with Crippen LogP contribution in [0.2, 0.25) is 0 Å². The van der Waals surface area contributed by atoms with Gasteiger partial charge in [-0.15, -0.1) is 0 Å². The predicted molar refractivity (Wildman–Crippen MR) is 98.1 cm³/mol. The second kappa shape index (κ2) is 7.66. The SMILES string of the molecule is CC(C)[C@H](O)C(=O)NCc1cccnc1N1CCc2ccccc2C1. The lowest BCUT2D eigenvalue weighted by atomic mass is 9.99. The van der Waals surface area contributed by atoms with Crippen molar-refractivity contribution in [3.63, 3.8) is 0 Å². The molecule has 0 unspecified atom stereocenters. The zero-order chi connectivity index (χ0) is 17.8. The van der Waals surface area contributed by atoms with E-state index >= 15 is 0 Å². The van der Waals surface area contributed by atoms with Gasteiger partial charge in [0.25, 0.3) is 0 Å². The first-order chi connectivity index (χ1) is 12.1. The number of hydrogen-bond donors (Lipinski definition) is 2. The molecule has 0 fully saturated rings. The van der Waals surface area contributed by atoms with Gasteiger partial charge in [-0.05, 0) is 29.5 Å². The molecule has 0 radical (unpaired) electrons. The monoisotopic (exact) mass is 339 g/mol. The Morgan fingerprint density at radius 3 is 2.76 bits per heavy atom. The third kappa shape index (κ3) is 3.99. The molecule has 3 rings (SSSR count). The van der Waals surface area contributed by atoms with Crippen molar-refractivity contribution in [2.24, 2.45) is 5.92 Å². The van der Waals surface area contributed by atoms with Crippen LogP contribution in [0.3, 0.4) is 0 Å². The number of aliphatic hydroxyl groups is 1. The standard InChI is InChI=1S/C20H25N3O2/c1-14(2)18(24)20(25)22-12-16-8-5-10-21-19(16)23-11-9-15-6-3-4-7-17(15)13-23/h3-8,10,14,18,24H,9,11-13H2,1-2H3,(H,22,25)/t18-/m0/s1. The molecule has 2 heterocycles. The minimum Gasteiger partial charge on any atom is -0.383 e. The maximum Gasteiger partial charge on any atom is 0.249 e. The Morgan fingerprint density at radius 2 is 2.00 bits per heavy atom. The Bertz CT molecular complexity index is 745. The van der Waals surface area contributed by atoms with Gasteiger partial charge in [0.05, 0.1) is 0 Å². The fraction of sp³-hybridized carbons (Fsp3) is 0.400. The summed E-state index contributed by atoms with van der Waals surface area (Å²) in [6.45, 7) is 5.74.